The van der Waals surface area contributed by atoms with Gasteiger partial charge in [0, 0.05) is 40.2 Å². The van der Waals surface area contributed by atoms with Crippen molar-refractivity contribution >= 4 is 5.91 Å². The second-order valence-corrected chi connectivity index (χ2v) is 10.5. The Balaban J connectivity index is 1.60. The molecule has 0 saturated carbocycles. The van der Waals surface area contributed by atoms with Crippen LogP contribution >= 0.6 is 0 Å². The predicted molar refractivity (Wildman–Crippen MR) is 143 cm³/mol. The molecule has 0 aromatic heterocycles. The van der Waals surface area contributed by atoms with Crippen LogP contribution in [0.5, 0.6) is 5.75 Å². The first-order valence-electron chi connectivity index (χ1n) is 13.2. The fourth-order valence-corrected chi connectivity index (χ4v) is 5.18. The zero-order chi connectivity index (χ0) is 27.3. The number of aliphatic hydroxyl groups excluding tert-OH is 2. The molecule has 2 heterocycles. The van der Waals surface area contributed by atoms with Crippen molar-refractivity contribution in [3.05, 3.63) is 53.6 Å². The number of methoxy groups -OCH3 is 1. The maximum Gasteiger partial charge on any atom is 0.229 e. The molecule has 0 radical (unpaired) electrons. The maximum atomic E-state index is 11.4. The third kappa shape index (κ3) is 6.91. The van der Waals surface area contributed by atoms with Crippen molar-refractivity contribution in [1.82, 2.24) is 10.2 Å². The summed E-state index contributed by atoms with van der Waals surface area (Å²) in [6.45, 7) is 9.76. The highest BCUT2D eigenvalue weighted by molar-refractivity contribution is 5.73. The van der Waals surface area contributed by atoms with Gasteiger partial charge in [-0.2, -0.15) is 0 Å². The van der Waals surface area contributed by atoms with E-state index in [4.69, 9.17) is 18.9 Å². The first-order valence-corrected chi connectivity index (χ1v) is 13.2. The second kappa shape index (κ2) is 12.5. The van der Waals surface area contributed by atoms with Crippen LogP contribution in [0.3, 0.4) is 0 Å². The molecule has 1 amide bonds. The number of ether oxygens (including phenoxy) is 4. The number of carbonyl (C=O) groups is 1. The van der Waals surface area contributed by atoms with Gasteiger partial charge in [0.05, 0.1) is 18.8 Å². The van der Waals surface area contributed by atoms with E-state index in [1.165, 1.54) is 19.6 Å². The Bertz CT molecular complexity index is 1090. The molecule has 4 atom stereocenters. The number of amides is 1. The second-order valence-electron chi connectivity index (χ2n) is 10.5. The van der Waals surface area contributed by atoms with Gasteiger partial charge in [-0.1, -0.05) is 24.3 Å². The molecule has 1 unspecified atom stereocenters. The molecule has 0 aliphatic carbocycles. The predicted octanol–water partition coefficient (Wildman–Crippen LogP) is 2.11. The van der Waals surface area contributed by atoms with Gasteiger partial charge in [-0.3, -0.25) is 9.69 Å². The summed E-state index contributed by atoms with van der Waals surface area (Å²) in [5.74, 6) is 0.433. The maximum absolute atomic E-state index is 11.4. The average molecular weight is 529 g/mol. The summed E-state index contributed by atoms with van der Waals surface area (Å²) in [6, 6.07) is 14.1. The minimum Gasteiger partial charge on any atom is -0.462 e. The Kier molecular flexibility index (Phi) is 9.40. The summed E-state index contributed by atoms with van der Waals surface area (Å²) in [6.07, 6.45) is -3.57. The van der Waals surface area contributed by atoms with E-state index in [1.54, 1.807) is 13.8 Å². The van der Waals surface area contributed by atoms with Crippen molar-refractivity contribution in [2.75, 3.05) is 40.0 Å². The highest BCUT2D eigenvalue weighted by Crippen LogP contribution is 2.35. The van der Waals surface area contributed by atoms with Gasteiger partial charge in [-0.15, -0.1) is 0 Å². The minimum absolute atomic E-state index is 0.0713. The normalized spacial score (nSPS) is 25.6. The molecular weight excluding hydrogens is 488 g/mol. The lowest BCUT2D eigenvalue weighted by atomic mass is 9.89. The minimum atomic E-state index is -1.28. The molecule has 208 valence electrons. The Labute approximate surface area is 224 Å². The van der Waals surface area contributed by atoms with E-state index in [0.29, 0.717) is 18.7 Å². The number of nitrogens with zero attached hydrogens (tertiary/aromatic N) is 1. The molecule has 9 heteroatoms. The number of aliphatic hydroxyl groups is 2. The Morgan fingerprint density at radius 1 is 1.13 bits per heavy atom. The molecule has 0 bridgehead atoms. The summed E-state index contributed by atoms with van der Waals surface area (Å²) in [7, 11) is 1.48. The van der Waals surface area contributed by atoms with Crippen LogP contribution in [0, 0.1) is 0 Å². The SMILES string of the molecule is COC1[C@@H](O)[C@@H](O)[C@@H](Oc2ccc(CCNC(C)=O)c(-c3cccc(CN4CCOCC4)c3)c2)OC1(C)C. The molecule has 4 rings (SSSR count). The van der Waals surface area contributed by atoms with Crippen molar-refractivity contribution in [3.63, 3.8) is 0 Å². The Hall–Kier alpha value is -2.53. The number of carbonyl (C=O) groups excluding carboxylic acids is 1. The summed E-state index contributed by atoms with van der Waals surface area (Å²) in [5.41, 5.74) is 3.39. The fourth-order valence-electron chi connectivity index (χ4n) is 5.18. The molecule has 2 saturated heterocycles. The smallest absolute Gasteiger partial charge is 0.229 e. The standard InChI is InChI=1S/C29H40N2O7/c1-19(32)30-11-10-21-8-9-23(37-28-26(34)25(33)27(35-4)29(2,3)38-28)17-24(21)22-7-5-6-20(16-22)18-31-12-14-36-15-13-31/h5-9,16-17,25-28,33-34H,10-15,18H2,1-4H3,(H,30,32)/t25-,26+,27?,28-/m0/s1. The molecule has 2 aromatic carbocycles. The van der Waals surface area contributed by atoms with Crippen molar-refractivity contribution < 1.29 is 34.0 Å². The molecule has 9 nitrogen and oxygen atoms in total. The van der Waals surface area contributed by atoms with E-state index in [-0.39, 0.29) is 5.91 Å². The zero-order valence-electron chi connectivity index (χ0n) is 22.7. The summed E-state index contributed by atoms with van der Waals surface area (Å²) >= 11 is 0. The van der Waals surface area contributed by atoms with Gasteiger partial charge in [-0.05, 0) is 60.7 Å². The van der Waals surface area contributed by atoms with E-state index in [1.807, 2.05) is 24.3 Å². The average Bonchev–Trinajstić information content (AvgIpc) is 2.88. The lowest BCUT2D eigenvalue weighted by Gasteiger charge is -2.46. The molecule has 3 N–H and O–H groups in total. The lowest BCUT2D eigenvalue weighted by Crippen LogP contribution is -2.63. The van der Waals surface area contributed by atoms with Crippen LogP contribution < -0.4 is 10.1 Å². The summed E-state index contributed by atoms with van der Waals surface area (Å²) < 4.78 is 23.0. The third-order valence-electron chi connectivity index (χ3n) is 7.15. The van der Waals surface area contributed by atoms with Gasteiger partial charge in [0.15, 0.2) is 0 Å². The van der Waals surface area contributed by atoms with E-state index in [0.717, 1.165) is 49.5 Å². The topological polar surface area (TPSA) is 110 Å². The Morgan fingerprint density at radius 3 is 2.61 bits per heavy atom. The van der Waals surface area contributed by atoms with Gasteiger partial charge in [0.1, 0.15) is 24.1 Å². The van der Waals surface area contributed by atoms with Gasteiger partial charge in [0.2, 0.25) is 12.2 Å². The van der Waals surface area contributed by atoms with Crippen molar-refractivity contribution in [2.45, 2.75) is 63.9 Å². The van der Waals surface area contributed by atoms with Gasteiger partial charge in [-0.25, -0.2) is 0 Å². The van der Waals surface area contributed by atoms with E-state index in [9.17, 15) is 15.0 Å². The molecule has 0 spiro atoms. The molecule has 2 aliphatic rings. The van der Waals surface area contributed by atoms with Crippen molar-refractivity contribution in [1.29, 1.82) is 0 Å². The lowest BCUT2D eigenvalue weighted by molar-refractivity contribution is -0.305. The van der Waals surface area contributed by atoms with Crippen LogP contribution in [-0.2, 0) is 32.0 Å². The summed E-state index contributed by atoms with van der Waals surface area (Å²) in [5, 5.41) is 24.2. The first kappa shape index (κ1) is 28.5. The van der Waals surface area contributed by atoms with Crippen LogP contribution in [0.2, 0.25) is 0 Å². The third-order valence-corrected chi connectivity index (χ3v) is 7.15. The number of benzene rings is 2. The first-order chi connectivity index (χ1) is 18.2. The highest BCUT2D eigenvalue weighted by Gasteiger charge is 2.50. The number of hydrogen-bond donors (Lipinski definition) is 3. The van der Waals surface area contributed by atoms with E-state index >= 15 is 0 Å². The molecule has 2 fully saturated rings. The fraction of sp³-hybridized carbons (Fsp3) is 0.552. The highest BCUT2D eigenvalue weighted by atomic mass is 16.7. The number of nitrogens with one attached hydrogen (secondary N) is 1. The summed E-state index contributed by atoms with van der Waals surface area (Å²) in [4.78, 5) is 13.8. The zero-order valence-corrected chi connectivity index (χ0v) is 22.7. The number of hydrogen-bond acceptors (Lipinski definition) is 8. The van der Waals surface area contributed by atoms with Crippen LogP contribution in [-0.4, -0.2) is 91.2 Å². The monoisotopic (exact) mass is 528 g/mol. The largest absolute Gasteiger partial charge is 0.462 e. The van der Waals surface area contributed by atoms with Crippen LogP contribution in [0.15, 0.2) is 42.5 Å². The van der Waals surface area contributed by atoms with Crippen LogP contribution in [0.1, 0.15) is 31.9 Å². The van der Waals surface area contributed by atoms with Crippen molar-refractivity contribution in [3.8, 4) is 16.9 Å². The number of morpholine rings is 1. The number of rotatable bonds is 9. The van der Waals surface area contributed by atoms with E-state index < -0.39 is 30.2 Å². The molecule has 2 aliphatic heterocycles. The molecule has 38 heavy (non-hydrogen) atoms. The van der Waals surface area contributed by atoms with Gasteiger partial charge in [0.25, 0.3) is 0 Å². The quantitative estimate of drug-likeness (QED) is 0.454. The van der Waals surface area contributed by atoms with Crippen LogP contribution in [0.4, 0.5) is 0 Å². The van der Waals surface area contributed by atoms with Gasteiger partial charge < -0.3 is 34.5 Å². The van der Waals surface area contributed by atoms with Crippen molar-refractivity contribution in [2.24, 2.45) is 0 Å². The Morgan fingerprint density at radius 2 is 1.89 bits per heavy atom. The van der Waals surface area contributed by atoms with Gasteiger partial charge >= 0.3 is 0 Å². The molecular formula is C29H40N2O7. The van der Waals surface area contributed by atoms with E-state index in [2.05, 4.69) is 28.4 Å². The molecule has 2 aromatic rings. The van der Waals surface area contributed by atoms with Crippen LogP contribution in [0.25, 0.3) is 11.1 Å².